The molecule has 0 bridgehead atoms. The first kappa shape index (κ1) is 28.5. The van der Waals surface area contributed by atoms with Crippen molar-refractivity contribution in [3.05, 3.63) is 89.1 Å². The van der Waals surface area contributed by atoms with E-state index in [1.807, 2.05) is 18.2 Å². The van der Waals surface area contributed by atoms with Crippen molar-refractivity contribution in [2.75, 3.05) is 5.73 Å². The molecule has 0 spiro atoms. The van der Waals surface area contributed by atoms with E-state index in [9.17, 15) is 14.4 Å². The molecule has 2 amide bonds. The lowest BCUT2D eigenvalue weighted by molar-refractivity contribution is -0.124. The number of carbonyl (C=O) groups is 3. The molecular weight excluding hydrogens is 566 g/mol. The Morgan fingerprint density at radius 3 is 2.40 bits per heavy atom. The minimum Gasteiger partial charge on any atom is -0.424 e. The Morgan fingerprint density at radius 2 is 1.72 bits per heavy atom. The molecule has 2 heterocycles. The van der Waals surface area contributed by atoms with Gasteiger partial charge in [0, 0.05) is 46.7 Å². The summed E-state index contributed by atoms with van der Waals surface area (Å²) in [5.41, 5.74) is 19.8. The van der Waals surface area contributed by atoms with Gasteiger partial charge in [-0.05, 0) is 42.7 Å². The number of aromatic nitrogens is 2. The van der Waals surface area contributed by atoms with Crippen LogP contribution in [-0.4, -0.2) is 39.6 Å². The summed E-state index contributed by atoms with van der Waals surface area (Å²) >= 11 is 1.17. The van der Waals surface area contributed by atoms with Crippen LogP contribution in [0, 0.1) is 0 Å². The zero-order valence-corrected chi connectivity index (χ0v) is 24.0. The van der Waals surface area contributed by atoms with E-state index in [1.54, 1.807) is 24.3 Å². The van der Waals surface area contributed by atoms with Gasteiger partial charge in [-0.1, -0.05) is 43.7 Å². The van der Waals surface area contributed by atoms with Crippen LogP contribution in [-0.2, 0) is 15.1 Å². The lowest BCUT2D eigenvalue weighted by Gasteiger charge is -2.36. The quantitative estimate of drug-likeness (QED) is 0.157. The van der Waals surface area contributed by atoms with Crippen molar-refractivity contribution in [1.29, 1.82) is 0 Å². The molecule has 4 aromatic rings. The maximum atomic E-state index is 14.0. The molecule has 43 heavy (non-hydrogen) atoms. The van der Waals surface area contributed by atoms with E-state index in [0.29, 0.717) is 49.5 Å². The molecule has 4 atom stereocenters. The molecule has 220 valence electrons. The lowest BCUT2D eigenvalue weighted by Crippen LogP contribution is -2.54. The summed E-state index contributed by atoms with van der Waals surface area (Å²) < 4.78 is 6.31. The molecule has 12 heteroatoms. The number of nitrogens with two attached hydrogens (primary N) is 3. The van der Waals surface area contributed by atoms with Crippen molar-refractivity contribution in [1.82, 2.24) is 20.6 Å². The minimum absolute atomic E-state index is 0.0917. The monoisotopic (exact) mass is 597 g/mol. The maximum Gasteiger partial charge on any atom is 0.321 e. The van der Waals surface area contributed by atoms with Gasteiger partial charge in [-0.2, -0.15) is 0 Å². The number of nitrogens with zero attached hydrogens (tertiary/aromatic N) is 2. The summed E-state index contributed by atoms with van der Waals surface area (Å²) in [5, 5.41) is 6.57. The van der Waals surface area contributed by atoms with E-state index >= 15 is 0 Å². The molecular formula is C31H31N7O4S. The third-order valence-electron chi connectivity index (χ3n) is 8.15. The SMILES string of the molecule is C=CC(=O)N[C@@H]1CCCC[C@H]1NC(=O)c1sc2c(N)ccc3c2c1C(N)C(=O)C3(N)c1cnc(Oc2ccccc2)nc1. The molecule has 0 aliphatic heterocycles. The number of hydrogen-bond acceptors (Lipinski definition) is 10. The van der Waals surface area contributed by atoms with Crippen molar-refractivity contribution in [2.45, 2.75) is 49.3 Å². The number of anilines is 1. The van der Waals surface area contributed by atoms with Crippen LogP contribution in [0.3, 0.4) is 0 Å². The molecule has 2 aromatic carbocycles. The van der Waals surface area contributed by atoms with E-state index in [-0.39, 0.29) is 29.9 Å². The number of rotatable bonds is 7. The normalized spacial score (nSPS) is 23.0. The molecule has 0 saturated heterocycles. The molecule has 2 aliphatic rings. The predicted octanol–water partition coefficient (Wildman–Crippen LogP) is 3.19. The molecule has 0 radical (unpaired) electrons. The smallest absolute Gasteiger partial charge is 0.321 e. The molecule has 8 N–H and O–H groups in total. The largest absolute Gasteiger partial charge is 0.424 e. The molecule has 11 nitrogen and oxygen atoms in total. The van der Waals surface area contributed by atoms with Crippen molar-refractivity contribution in [2.24, 2.45) is 11.5 Å². The van der Waals surface area contributed by atoms with Crippen molar-refractivity contribution < 1.29 is 19.1 Å². The molecule has 6 rings (SSSR count). The van der Waals surface area contributed by atoms with Crippen LogP contribution in [0.4, 0.5) is 5.69 Å². The van der Waals surface area contributed by atoms with Gasteiger partial charge in [0.25, 0.3) is 5.91 Å². The van der Waals surface area contributed by atoms with Gasteiger partial charge in [-0.3, -0.25) is 14.4 Å². The first-order valence-electron chi connectivity index (χ1n) is 14.0. The summed E-state index contributed by atoms with van der Waals surface area (Å²) in [7, 11) is 0. The van der Waals surface area contributed by atoms with Gasteiger partial charge >= 0.3 is 6.01 Å². The van der Waals surface area contributed by atoms with Crippen LogP contribution < -0.4 is 32.6 Å². The molecule has 2 unspecified atom stereocenters. The summed E-state index contributed by atoms with van der Waals surface area (Å²) in [6.45, 7) is 3.52. The van der Waals surface area contributed by atoms with Gasteiger partial charge in [0.05, 0.1) is 15.6 Å². The van der Waals surface area contributed by atoms with E-state index in [1.165, 1.54) is 29.8 Å². The third kappa shape index (κ3) is 4.92. The Morgan fingerprint density at radius 1 is 1.05 bits per heavy atom. The van der Waals surface area contributed by atoms with Gasteiger partial charge in [0.2, 0.25) is 5.91 Å². The highest BCUT2D eigenvalue weighted by Crippen LogP contribution is 2.49. The standard InChI is InChI=1S/C31H31N7O4S/c1-2-22(39)37-20-10-6-7-11-21(20)38-29(41)27-24-23-18(12-13-19(32)26(23)43-27)31(34,28(40)25(24)33)16-14-35-30(36-15-16)42-17-8-4-3-5-9-17/h2-5,8-9,12-15,20-21,25H,1,6-7,10-11,32-34H2,(H,37,39)(H,38,41)/t20-,21-,25?,31?/m1/s1. The zero-order valence-electron chi connectivity index (χ0n) is 23.2. The highest BCUT2D eigenvalue weighted by Gasteiger charge is 2.49. The number of Topliss-reactive ketones (excluding diaryl/α,β-unsaturated/α-hetero) is 1. The number of amides is 2. The Hall–Kier alpha value is -4.65. The van der Waals surface area contributed by atoms with E-state index in [0.717, 1.165) is 19.3 Å². The molecule has 2 aromatic heterocycles. The number of benzene rings is 2. The first-order chi connectivity index (χ1) is 20.7. The molecule has 1 saturated carbocycles. The number of nitrogens with one attached hydrogen (secondary N) is 2. The third-order valence-corrected chi connectivity index (χ3v) is 9.40. The molecule has 2 aliphatic carbocycles. The van der Waals surface area contributed by atoms with Crippen LogP contribution in [0.1, 0.15) is 58.1 Å². The van der Waals surface area contributed by atoms with Crippen molar-refractivity contribution in [3.8, 4) is 11.8 Å². The highest BCUT2D eigenvalue weighted by molar-refractivity contribution is 7.21. The number of ketones is 1. The second-order valence-corrected chi connectivity index (χ2v) is 11.8. The van der Waals surface area contributed by atoms with Gasteiger partial charge in [-0.25, -0.2) is 9.97 Å². The summed E-state index contributed by atoms with van der Waals surface area (Å²) in [4.78, 5) is 48.7. The van der Waals surface area contributed by atoms with Crippen LogP contribution >= 0.6 is 11.3 Å². The van der Waals surface area contributed by atoms with E-state index < -0.39 is 17.4 Å². The topological polar surface area (TPSA) is 188 Å². The Balaban J connectivity index is 1.37. The van der Waals surface area contributed by atoms with Gasteiger partial charge < -0.3 is 32.6 Å². The fourth-order valence-corrected chi connectivity index (χ4v) is 7.17. The highest BCUT2D eigenvalue weighted by atomic mass is 32.1. The number of nitrogen functional groups attached to an aromatic ring is 1. The van der Waals surface area contributed by atoms with E-state index in [4.69, 9.17) is 21.9 Å². The van der Waals surface area contributed by atoms with Crippen LogP contribution in [0.25, 0.3) is 10.1 Å². The number of para-hydroxylation sites is 1. The number of ether oxygens (including phenoxy) is 1. The molecule has 1 fully saturated rings. The minimum atomic E-state index is -1.69. The fraction of sp³-hybridized carbons (Fsp3) is 0.258. The lowest BCUT2D eigenvalue weighted by atomic mass is 9.71. The first-order valence-corrected chi connectivity index (χ1v) is 14.8. The Labute approximate surface area is 251 Å². The second kappa shape index (κ2) is 11.2. The van der Waals surface area contributed by atoms with Gasteiger partial charge in [-0.15, -0.1) is 11.3 Å². The second-order valence-electron chi connectivity index (χ2n) is 10.8. The van der Waals surface area contributed by atoms with Crippen LogP contribution in [0.15, 0.2) is 67.5 Å². The average molecular weight is 598 g/mol. The van der Waals surface area contributed by atoms with Crippen LogP contribution in [0.5, 0.6) is 11.8 Å². The maximum absolute atomic E-state index is 14.0. The summed E-state index contributed by atoms with van der Waals surface area (Å²) in [6.07, 6.45) is 7.38. The van der Waals surface area contributed by atoms with Crippen LogP contribution in [0.2, 0.25) is 0 Å². The summed E-state index contributed by atoms with van der Waals surface area (Å²) in [6, 6.07) is 10.8. The van der Waals surface area contributed by atoms with E-state index in [2.05, 4.69) is 27.2 Å². The number of carbonyl (C=O) groups excluding carboxylic acids is 3. The average Bonchev–Trinajstić information content (AvgIpc) is 3.43. The van der Waals surface area contributed by atoms with Gasteiger partial charge in [0.15, 0.2) is 5.78 Å². The summed E-state index contributed by atoms with van der Waals surface area (Å²) in [5.74, 6) is -0.626. The fourth-order valence-electron chi connectivity index (χ4n) is 5.97. The van der Waals surface area contributed by atoms with Crippen molar-refractivity contribution in [3.63, 3.8) is 0 Å². The number of hydrogen-bond donors (Lipinski definition) is 5. The van der Waals surface area contributed by atoms with Gasteiger partial charge in [0.1, 0.15) is 11.3 Å². The predicted molar refractivity (Wildman–Crippen MR) is 164 cm³/mol. The number of thiophene rings is 1. The Bertz CT molecular complexity index is 1740. The zero-order chi connectivity index (χ0) is 30.3. The van der Waals surface area contributed by atoms with Crippen molar-refractivity contribution >= 4 is 44.7 Å². The Kier molecular flexibility index (Phi) is 7.42.